The monoisotopic (exact) mass is 526 g/mol. The van der Waals surface area contributed by atoms with Crippen molar-refractivity contribution in [3.63, 3.8) is 0 Å². The van der Waals surface area contributed by atoms with Crippen LogP contribution in [0.3, 0.4) is 0 Å². The number of aromatic nitrogens is 1. The van der Waals surface area contributed by atoms with Gasteiger partial charge in [0.25, 0.3) is 0 Å². The van der Waals surface area contributed by atoms with Gasteiger partial charge in [-0.1, -0.05) is 87.4 Å². The number of allylic oxidation sites excluding steroid dienone is 2. The molecular weight excluding hydrogens is 492 g/mol. The van der Waals surface area contributed by atoms with Crippen molar-refractivity contribution >= 4 is 50.0 Å². The van der Waals surface area contributed by atoms with Gasteiger partial charge in [0.2, 0.25) is 0 Å². The van der Waals surface area contributed by atoms with Gasteiger partial charge in [0.15, 0.2) is 5.78 Å². The van der Waals surface area contributed by atoms with Crippen molar-refractivity contribution in [2.24, 2.45) is 0 Å². The van der Waals surface area contributed by atoms with Gasteiger partial charge in [-0.05, 0) is 53.5 Å². The van der Waals surface area contributed by atoms with Crippen LogP contribution in [0.15, 0.2) is 95.8 Å². The average Bonchev–Trinajstić information content (AvgIpc) is 3.46. The number of nitrogens with zero attached hydrogens (tertiary/aromatic N) is 2. The number of carbonyl (C=O) groups is 1. The Morgan fingerprint density at radius 2 is 1.50 bits per heavy atom. The highest BCUT2D eigenvalue weighted by molar-refractivity contribution is 6.24. The molecule has 0 spiro atoms. The topological polar surface area (TPSA) is 45.5 Å². The number of benzene rings is 4. The summed E-state index contributed by atoms with van der Waals surface area (Å²) in [6, 6.07) is 25.5. The maximum atomic E-state index is 13.7. The Morgan fingerprint density at radius 3 is 2.25 bits per heavy atom. The van der Waals surface area contributed by atoms with Gasteiger partial charge in [-0.2, -0.15) is 0 Å². The molecule has 4 nitrogen and oxygen atoms in total. The molecule has 1 atom stereocenters. The number of unbranched alkanes of at least 4 members (excludes halogenated alkanes) is 2. The summed E-state index contributed by atoms with van der Waals surface area (Å²) >= 11 is 0. The lowest BCUT2D eigenvalue weighted by Gasteiger charge is -2.28. The molecule has 0 bridgehead atoms. The van der Waals surface area contributed by atoms with E-state index in [1.807, 2.05) is 12.2 Å². The zero-order chi connectivity index (χ0) is 27.4. The number of carbonyl (C=O) groups excluding carboxylic acids is 1. The van der Waals surface area contributed by atoms with E-state index in [0.717, 1.165) is 49.5 Å². The van der Waals surface area contributed by atoms with Crippen molar-refractivity contribution in [3.05, 3.63) is 107 Å². The Labute approximate surface area is 234 Å². The SMILES string of the molecule is CCCCN1c2cccc3cccc(c23)C1/C=C1/C(=O)C(/C=c2\c3cccc4cccc(c43)n2CCCC)=C1O. The predicted octanol–water partition coefficient (Wildman–Crippen LogP) is 7.93. The number of aliphatic hydroxyl groups excluding tert-OH is 1. The third-order valence-corrected chi connectivity index (χ3v) is 8.71. The number of rotatable bonds is 8. The van der Waals surface area contributed by atoms with E-state index in [0.29, 0.717) is 11.1 Å². The third-order valence-electron chi connectivity index (χ3n) is 8.71. The Bertz CT molecular complexity index is 1910. The lowest BCUT2D eigenvalue weighted by Crippen LogP contribution is -2.29. The molecular formula is C36H34N2O2. The van der Waals surface area contributed by atoms with Crippen LogP contribution in [0.2, 0.25) is 0 Å². The number of ketones is 1. The van der Waals surface area contributed by atoms with Crippen LogP contribution >= 0.6 is 0 Å². The van der Waals surface area contributed by atoms with E-state index in [-0.39, 0.29) is 17.6 Å². The lowest BCUT2D eigenvalue weighted by atomic mass is 9.85. The fourth-order valence-electron chi connectivity index (χ4n) is 6.69. The van der Waals surface area contributed by atoms with Crippen molar-refractivity contribution in [1.82, 2.24) is 4.57 Å². The van der Waals surface area contributed by atoms with Gasteiger partial charge in [-0.15, -0.1) is 0 Å². The summed E-state index contributed by atoms with van der Waals surface area (Å²) < 4.78 is 2.32. The van der Waals surface area contributed by atoms with Crippen LogP contribution in [0.5, 0.6) is 0 Å². The van der Waals surface area contributed by atoms with Crippen molar-refractivity contribution in [2.75, 3.05) is 11.4 Å². The second-order valence-electron chi connectivity index (χ2n) is 11.1. The highest BCUT2D eigenvalue weighted by Gasteiger charge is 2.36. The summed E-state index contributed by atoms with van der Waals surface area (Å²) in [6.45, 7) is 6.17. The molecule has 0 saturated carbocycles. The molecule has 4 aromatic carbocycles. The molecule has 7 rings (SSSR count). The average molecular weight is 527 g/mol. The van der Waals surface area contributed by atoms with Crippen LogP contribution in [-0.4, -0.2) is 22.0 Å². The van der Waals surface area contributed by atoms with Gasteiger partial charge in [0.05, 0.1) is 17.2 Å². The third kappa shape index (κ3) is 3.62. The van der Waals surface area contributed by atoms with Crippen LogP contribution in [0, 0.1) is 0 Å². The first-order chi connectivity index (χ1) is 19.6. The molecule has 40 heavy (non-hydrogen) atoms. The summed E-state index contributed by atoms with van der Waals surface area (Å²) in [6.07, 6.45) is 8.20. The van der Waals surface area contributed by atoms with Gasteiger partial charge >= 0.3 is 0 Å². The van der Waals surface area contributed by atoms with E-state index in [9.17, 15) is 9.90 Å². The van der Waals surface area contributed by atoms with Gasteiger partial charge in [0.1, 0.15) is 5.76 Å². The van der Waals surface area contributed by atoms with Crippen LogP contribution in [0.1, 0.15) is 51.1 Å². The molecule has 1 aliphatic carbocycles. The van der Waals surface area contributed by atoms with Crippen LogP contribution in [0.25, 0.3) is 38.5 Å². The molecule has 0 fully saturated rings. The van der Waals surface area contributed by atoms with Crippen LogP contribution < -0.4 is 10.2 Å². The Kier molecular flexibility index (Phi) is 6.00. The lowest BCUT2D eigenvalue weighted by molar-refractivity contribution is -0.113. The quantitative estimate of drug-likeness (QED) is 0.209. The minimum atomic E-state index is -0.0813. The van der Waals surface area contributed by atoms with E-state index in [1.165, 1.54) is 38.3 Å². The maximum absolute atomic E-state index is 13.7. The minimum absolute atomic E-state index is 0.0755. The van der Waals surface area contributed by atoms with Crippen molar-refractivity contribution in [1.29, 1.82) is 0 Å². The molecule has 5 aromatic rings. The van der Waals surface area contributed by atoms with Crippen molar-refractivity contribution in [2.45, 2.75) is 52.1 Å². The molecule has 1 unspecified atom stereocenters. The van der Waals surface area contributed by atoms with E-state index in [2.05, 4.69) is 96.1 Å². The zero-order valence-electron chi connectivity index (χ0n) is 23.2. The standard InChI is InChI=1S/C36H34N2O2/c1-3-5-19-37-29-17-9-13-23-11-7-15-25(33(23)29)31(37)21-27-35(39)28(36(27)40)22-32-26-16-8-12-24-14-10-18-30(34(24)26)38(32)20-6-4-2/h7-18,21-22,31,39H,3-6,19-20H2,1-2H3/b27-21+,32-22+. The molecule has 0 radical (unpaired) electrons. The van der Waals surface area contributed by atoms with Gasteiger partial charge in [0, 0.05) is 45.8 Å². The minimum Gasteiger partial charge on any atom is -0.506 e. The van der Waals surface area contributed by atoms with E-state index in [4.69, 9.17) is 0 Å². The largest absolute Gasteiger partial charge is 0.506 e. The highest BCUT2D eigenvalue weighted by Crippen LogP contribution is 2.46. The number of Topliss-reactive ketones (excluding diaryl/α,β-unsaturated/α-hetero) is 1. The fourth-order valence-corrected chi connectivity index (χ4v) is 6.69. The number of aryl methyl sites for hydroxylation is 1. The van der Waals surface area contributed by atoms with E-state index < -0.39 is 0 Å². The number of anilines is 1. The summed E-state index contributed by atoms with van der Waals surface area (Å²) in [5, 5.41) is 18.3. The molecule has 0 saturated heterocycles. The summed E-state index contributed by atoms with van der Waals surface area (Å²) in [4.78, 5) is 16.0. The van der Waals surface area contributed by atoms with E-state index >= 15 is 0 Å². The smallest absolute Gasteiger partial charge is 0.200 e. The Hall–Kier alpha value is -4.31. The normalized spacial score (nSPS) is 18.3. The maximum Gasteiger partial charge on any atom is 0.200 e. The molecule has 2 aliphatic rings. The summed E-state index contributed by atoms with van der Waals surface area (Å²) in [5.41, 5.74) is 4.43. The summed E-state index contributed by atoms with van der Waals surface area (Å²) in [7, 11) is 0. The van der Waals surface area contributed by atoms with Crippen molar-refractivity contribution < 1.29 is 9.90 Å². The van der Waals surface area contributed by atoms with Crippen molar-refractivity contribution in [3.8, 4) is 0 Å². The zero-order valence-corrected chi connectivity index (χ0v) is 23.2. The van der Waals surface area contributed by atoms with Gasteiger partial charge in [-0.25, -0.2) is 0 Å². The first-order valence-corrected chi connectivity index (χ1v) is 14.6. The highest BCUT2D eigenvalue weighted by atomic mass is 16.3. The number of aliphatic hydroxyl groups is 1. The van der Waals surface area contributed by atoms with Gasteiger partial charge in [-0.3, -0.25) is 4.79 Å². The van der Waals surface area contributed by atoms with Crippen LogP contribution in [-0.2, 0) is 11.3 Å². The fraction of sp³-hybridized carbons (Fsp3) is 0.250. The Balaban J connectivity index is 1.35. The first kappa shape index (κ1) is 24.7. The summed E-state index contributed by atoms with van der Waals surface area (Å²) in [5.74, 6) is 0.0248. The molecule has 4 heteroatoms. The predicted molar refractivity (Wildman–Crippen MR) is 166 cm³/mol. The Morgan fingerprint density at radius 1 is 0.825 bits per heavy atom. The number of hydrogen-bond acceptors (Lipinski definition) is 3. The molecule has 0 amide bonds. The molecule has 1 N–H and O–H groups in total. The van der Waals surface area contributed by atoms with Crippen LogP contribution in [0.4, 0.5) is 5.69 Å². The first-order valence-electron chi connectivity index (χ1n) is 14.6. The molecule has 1 aromatic heterocycles. The number of hydrogen-bond donors (Lipinski definition) is 1. The second-order valence-corrected chi connectivity index (χ2v) is 11.1. The van der Waals surface area contributed by atoms with E-state index in [1.54, 1.807) is 0 Å². The van der Waals surface area contributed by atoms with Gasteiger partial charge < -0.3 is 14.6 Å². The molecule has 2 heterocycles. The molecule has 200 valence electrons. The molecule has 1 aliphatic heterocycles. The second kappa shape index (κ2) is 9.71.